The van der Waals surface area contributed by atoms with Gasteiger partial charge in [0.2, 0.25) is 0 Å². The summed E-state index contributed by atoms with van der Waals surface area (Å²) in [6, 6.07) is 34.1. The molecular weight excluding hydrogens is 522 g/mol. The van der Waals surface area contributed by atoms with E-state index in [9.17, 15) is 4.79 Å². The number of thioether (sulfide) groups is 1. The molecule has 2 aliphatic rings. The summed E-state index contributed by atoms with van der Waals surface area (Å²) in [6.45, 7) is 7.51. The van der Waals surface area contributed by atoms with E-state index in [1.807, 2.05) is 6.07 Å². The number of hydrogen-bond donors (Lipinski definition) is 1. The number of aryl methyl sites for hydroxylation is 1. The predicted molar refractivity (Wildman–Crippen MR) is 171 cm³/mol. The van der Waals surface area contributed by atoms with Crippen LogP contribution in [-0.4, -0.2) is 37.0 Å². The zero-order chi connectivity index (χ0) is 28.0. The van der Waals surface area contributed by atoms with Gasteiger partial charge in [0.15, 0.2) is 0 Å². The van der Waals surface area contributed by atoms with Crippen LogP contribution in [0.25, 0.3) is 6.08 Å². The molecule has 0 unspecified atom stereocenters. The minimum Gasteiger partial charge on any atom is -0.361 e. The molecule has 4 nitrogen and oxygen atoms in total. The highest BCUT2D eigenvalue weighted by Gasteiger charge is 2.23. The van der Waals surface area contributed by atoms with E-state index in [0.29, 0.717) is 6.54 Å². The number of anilines is 1. The van der Waals surface area contributed by atoms with Gasteiger partial charge >= 0.3 is 0 Å². The summed E-state index contributed by atoms with van der Waals surface area (Å²) in [5.41, 5.74) is 8.50. The highest BCUT2D eigenvalue weighted by atomic mass is 32.2. The highest BCUT2D eigenvalue weighted by molar-refractivity contribution is 8.03. The molecule has 0 saturated heterocycles. The van der Waals surface area contributed by atoms with Crippen LogP contribution in [0, 0.1) is 6.92 Å². The molecule has 0 spiro atoms. The van der Waals surface area contributed by atoms with Gasteiger partial charge in [0.1, 0.15) is 0 Å². The van der Waals surface area contributed by atoms with Gasteiger partial charge in [-0.15, -0.1) is 0 Å². The van der Waals surface area contributed by atoms with Crippen LogP contribution in [0.4, 0.5) is 5.69 Å². The second-order valence-electron chi connectivity index (χ2n) is 11.1. The molecule has 5 heteroatoms. The number of benzene rings is 4. The minimum atomic E-state index is 0.00270. The summed E-state index contributed by atoms with van der Waals surface area (Å²) in [6.07, 6.45) is 4.33. The van der Waals surface area contributed by atoms with E-state index in [0.717, 1.165) is 56.8 Å². The van der Waals surface area contributed by atoms with Crippen molar-refractivity contribution in [1.82, 2.24) is 10.2 Å². The van der Waals surface area contributed by atoms with Gasteiger partial charge in [-0.3, -0.25) is 9.69 Å². The van der Waals surface area contributed by atoms with Crippen molar-refractivity contribution in [1.29, 1.82) is 0 Å². The van der Waals surface area contributed by atoms with Gasteiger partial charge in [-0.2, -0.15) is 0 Å². The van der Waals surface area contributed by atoms with E-state index in [-0.39, 0.29) is 5.91 Å². The van der Waals surface area contributed by atoms with Gasteiger partial charge < -0.3 is 10.2 Å². The van der Waals surface area contributed by atoms with Crippen molar-refractivity contribution < 1.29 is 4.79 Å². The average Bonchev–Trinajstić information content (AvgIpc) is 2.99. The summed E-state index contributed by atoms with van der Waals surface area (Å²) in [5.74, 6) is 0.00270. The standard InChI is InChI=1S/C36H37N3OS/c1-27-9-7-12-29(21-27)24-39-26-33(22-28-10-3-2-4-11-28)41-35-16-15-31(23-34(35)39)36(40)37-18-8-19-38-20-17-30-13-5-6-14-32(30)25-38/h2-7,9-16,21-23H,8,17-20,24-26H2,1H3,(H,37,40). The van der Waals surface area contributed by atoms with Gasteiger partial charge in [-0.05, 0) is 66.3 Å². The number of hydrogen-bond acceptors (Lipinski definition) is 4. The topological polar surface area (TPSA) is 35.6 Å². The van der Waals surface area contributed by atoms with Crippen molar-refractivity contribution in [3.8, 4) is 0 Å². The third-order valence-corrected chi connectivity index (χ3v) is 8.95. The molecule has 1 N–H and O–H groups in total. The van der Waals surface area contributed by atoms with E-state index >= 15 is 0 Å². The lowest BCUT2D eigenvalue weighted by molar-refractivity contribution is 0.0951. The maximum atomic E-state index is 13.2. The van der Waals surface area contributed by atoms with Gasteiger partial charge in [0.25, 0.3) is 5.91 Å². The van der Waals surface area contributed by atoms with Gasteiger partial charge in [0, 0.05) is 54.6 Å². The molecule has 0 bridgehead atoms. The molecule has 6 rings (SSSR count). The molecule has 2 aliphatic heterocycles. The fourth-order valence-electron chi connectivity index (χ4n) is 5.77. The summed E-state index contributed by atoms with van der Waals surface area (Å²) in [5, 5.41) is 3.18. The van der Waals surface area contributed by atoms with Crippen molar-refractivity contribution >= 4 is 29.4 Å². The van der Waals surface area contributed by atoms with Gasteiger partial charge in [0.05, 0.1) is 5.69 Å². The second-order valence-corrected chi connectivity index (χ2v) is 12.2. The highest BCUT2D eigenvalue weighted by Crippen LogP contribution is 2.42. The van der Waals surface area contributed by atoms with Crippen LogP contribution < -0.4 is 10.2 Å². The normalized spacial score (nSPS) is 15.8. The van der Waals surface area contributed by atoms with E-state index in [1.54, 1.807) is 11.8 Å². The molecule has 4 aromatic carbocycles. The number of amides is 1. The predicted octanol–water partition coefficient (Wildman–Crippen LogP) is 7.33. The second kappa shape index (κ2) is 12.8. The van der Waals surface area contributed by atoms with Crippen LogP contribution >= 0.6 is 11.8 Å². The Bertz CT molecular complexity index is 1550. The van der Waals surface area contributed by atoms with Crippen molar-refractivity contribution in [3.63, 3.8) is 0 Å². The molecule has 41 heavy (non-hydrogen) atoms. The lowest BCUT2D eigenvalue weighted by atomic mass is 10.00. The molecular formula is C36H37N3OS. The summed E-state index contributed by atoms with van der Waals surface area (Å²) in [7, 11) is 0. The first-order valence-electron chi connectivity index (χ1n) is 14.6. The monoisotopic (exact) mass is 559 g/mol. The Morgan fingerprint density at radius 2 is 1.73 bits per heavy atom. The molecule has 4 aromatic rings. The van der Waals surface area contributed by atoms with Crippen molar-refractivity contribution in [3.05, 3.63) is 135 Å². The number of carbonyl (C=O) groups is 1. The average molecular weight is 560 g/mol. The van der Waals surface area contributed by atoms with E-state index in [1.165, 1.54) is 37.6 Å². The molecule has 0 atom stereocenters. The van der Waals surface area contributed by atoms with Crippen LogP contribution in [0.5, 0.6) is 0 Å². The minimum absolute atomic E-state index is 0.00270. The quantitative estimate of drug-likeness (QED) is 0.229. The van der Waals surface area contributed by atoms with E-state index < -0.39 is 0 Å². The summed E-state index contributed by atoms with van der Waals surface area (Å²) < 4.78 is 0. The Balaban J connectivity index is 1.13. The molecule has 0 saturated carbocycles. The molecule has 0 fully saturated rings. The lowest BCUT2D eigenvalue weighted by Crippen LogP contribution is -2.34. The molecule has 1 amide bonds. The van der Waals surface area contributed by atoms with Gasteiger partial charge in [-0.1, -0.05) is 96.2 Å². The van der Waals surface area contributed by atoms with Crippen LogP contribution in [0.2, 0.25) is 0 Å². The van der Waals surface area contributed by atoms with Gasteiger partial charge in [-0.25, -0.2) is 0 Å². The third kappa shape index (κ3) is 6.92. The molecule has 0 aromatic heterocycles. The van der Waals surface area contributed by atoms with Crippen LogP contribution in [0.1, 0.15) is 44.6 Å². The fourth-order valence-corrected chi connectivity index (χ4v) is 6.90. The first-order chi connectivity index (χ1) is 20.1. The number of carbonyl (C=O) groups excluding carboxylic acids is 1. The summed E-state index contributed by atoms with van der Waals surface area (Å²) >= 11 is 1.80. The zero-order valence-corrected chi connectivity index (χ0v) is 24.5. The van der Waals surface area contributed by atoms with Crippen molar-refractivity contribution in [2.24, 2.45) is 0 Å². The Hall–Kier alpha value is -3.80. The van der Waals surface area contributed by atoms with E-state index in [4.69, 9.17) is 0 Å². The first-order valence-corrected chi connectivity index (χ1v) is 15.4. The molecule has 2 heterocycles. The number of rotatable bonds is 8. The first kappa shape index (κ1) is 27.4. The van der Waals surface area contributed by atoms with E-state index in [2.05, 4.69) is 119 Å². The van der Waals surface area contributed by atoms with Crippen molar-refractivity contribution in [2.45, 2.75) is 37.8 Å². The molecule has 0 aliphatic carbocycles. The smallest absolute Gasteiger partial charge is 0.251 e. The Morgan fingerprint density at radius 3 is 2.59 bits per heavy atom. The summed E-state index contributed by atoms with van der Waals surface area (Å²) in [4.78, 5) is 20.6. The SMILES string of the molecule is Cc1cccc(CN2CC(=Cc3ccccc3)Sc3ccc(C(=O)NCCCN4CCc5ccccc5C4)cc32)c1. The molecule has 0 radical (unpaired) electrons. The lowest BCUT2D eigenvalue weighted by Gasteiger charge is -2.33. The maximum absolute atomic E-state index is 13.2. The zero-order valence-electron chi connectivity index (χ0n) is 23.7. The Kier molecular flexibility index (Phi) is 8.54. The number of nitrogens with zero attached hydrogens (tertiary/aromatic N) is 2. The molecule has 208 valence electrons. The maximum Gasteiger partial charge on any atom is 0.251 e. The number of fused-ring (bicyclic) bond motifs is 2. The third-order valence-electron chi connectivity index (χ3n) is 7.88. The van der Waals surface area contributed by atoms with Crippen molar-refractivity contribution in [2.75, 3.05) is 31.1 Å². The fraction of sp³-hybridized carbons (Fsp3) is 0.250. The largest absolute Gasteiger partial charge is 0.361 e. The van der Waals surface area contributed by atoms with Crippen LogP contribution in [-0.2, 0) is 19.5 Å². The Labute approximate surface area is 248 Å². The van der Waals surface area contributed by atoms with Crippen LogP contribution in [0.3, 0.4) is 0 Å². The number of nitrogens with one attached hydrogen (secondary N) is 1. The van der Waals surface area contributed by atoms with Crippen LogP contribution in [0.15, 0.2) is 107 Å². The Morgan fingerprint density at radius 1 is 0.902 bits per heavy atom.